The topological polar surface area (TPSA) is 67.4 Å². The summed E-state index contributed by atoms with van der Waals surface area (Å²) in [5.41, 5.74) is 1.97. The maximum Gasteiger partial charge on any atom is 0.255 e. The minimum atomic E-state index is -0.150. The third-order valence-electron chi connectivity index (χ3n) is 4.06. The zero-order valence-corrected chi connectivity index (χ0v) is 15.4. The van der Waals surface area contributed by atoms with E-state index >= 15 is 0 Å². The van der Waals surface area contributed by atoms with Crippen molar-refractivity contribution in [1.82, 2.24) is 5.32 Å². The molecule has 5 nitrogen and oxygen atoms in total. The molecule has 0 saturated carbocycles. The summed E-state index contributed by atoms with van der Waals surface area (Å²) in [5.74, 6) is 0.481. The van der Waals surface area contributed by atoms with E-state index in [-0.39, 0.29) is 11.8 Å². The highest BCUT2D eigenvalue weighted by Crippen LogP contribution is 2.16. The molecule has 0 fully saturated rings. The van der Waals surface area contributed by atoms with Gasteiger partial charge in [-0.1, -0.05) is 36.4 Å². The summed E-state index contributed by atoms with van der Waals surface area (Å²) < 4.78 is 5.67. The van der Waals surface area contributed by atoms with Gasteiger partial charge in [-0.2, -0.15) is 0 Å². The van der Waals surface area contributed by atoms with Gasteiger partial charge in [-0.25, -0.2) is 0 Å². The van der Waals surface area contributed by atoms with E-state index < -0.39 is 0 Å². The Labute approximate surface area is 164 Å². The Morgan fingerprint density at radius 3 is 1.89 bits per heavy atom. The van der Waals surface area contributed by atoms with Gasteiger partial charge < -0.3 is 15.4 Å². The first kappa shape index (κ1) is 19.2. The molecule has 0 aliphatic carbocycles. The monoisotopic (exact) mass is 374 g/mol. The minimum Gasteiger partial charge on any atom is -0.494 e. The molecule has 0 aliphatic heterocycles. The molecular formula is C23H22N2O3. The van der Waals surface area contributed by atoms with Crippen molar-refractivity contribution < 1.29 is 14.3 Å². The smallest absolute Gasteiger partial charge is 0.255 e. The molecule has 0 radical (unpaired) electrons. The quantitative estimate of drug-likeness (QED) is 0.583. The molecule has 3 aromatic carbocycles. The van der Waals surface area contributed by atoms with Gasteiger partial charge in [0.2, 0.25) is 0 Å². The van der Waals surface area contributed by atoms with Crippen molar-refractivity contribution in [1.29, 1.82) is 0 Å². The molecule has 0 unspecified atom stereocenters. The Morgan fingerprint density at radius 2 is 1.29 bits per heavy atom. The first-order valence-electron chi connectivity index (χ1n) is 9.15. The average Bonchev–Trinajstić information content (AvgIpc) is 2.75. The number of nitrogens with one attached hydrogen (secondary N) is 2. The third kappa shape index (κ3) is 5.71. The third-order valence-corrected chi connectivity index (χ3v) is 4.06. The first-order chi connectivity index (χ1) is 13.7. The van der Waals surface area contributed by atoms with Crippen LogP contribution in [0.1, 0.15) is 27.1 Å². The fraction of sp³-hybridized carbons (Fsp3) is 0.130. The lowest BCUT2D eigenvalue weighted by molar-refractivity contribution is 0.0950. The van der Waals surface area contributed by atoms with E-state index in [9.17, 15) is 9.59 Å². The van der Waals surface area contributed by atoms with Gasteiger partial charge >= 0.3 is 0 Å². The highest BCUT2D eigenvalue weighted by Gasteiger charge is 2.05. The Bertz CT molecular complexity index is 894. The second-order valence-corrected chi connectivity index (χ2v) is 6.17. The summed E-state index contributed by atoms with van der Waals surface area (Å²) in [6, 6.07) is 25.4. The Morgan fingerprint density at radius 1 is 0.714 bits per heavy atom. The molecule has 0 aromatic heterocycles. The van der Waals surface area contributed by atoms with E-state index in [1.165, 1.54) is 0 Å². The number of rotatable bonds is 8. The predicted octanol–water partition coefficient (Wildman–Crippen LogP) is 4.14. The molecule has 0 atom stereocenters. The van der Waals surface area contributed by atoms with Crippen LogP contribution in [0.15, 0.2) is 84.9 Å². The lowest BCUT2D eigenvalue weighted by Crippen LogP contribution is -2.25. The van der Waals surface area contributed by atoms with Crippen LogP contribution >= 0.6 is 0 Å². The number of hydrogen-bond acceptors (Lipinski definition) is 3. The second kappa shape index (κ2) is 9.92. The number of carbonyl (C=O) groups excluding carboxylic acids is 2. The summed E-state index contributed by atoms with van der Waals surface area (Å²) in [6.45, 7) is 1.03. The molecule has 2 amide bonds. The summed E-state index contributed by atoms with van der Waals surface area (Å²) in [5, 5.41) is 5.71. The molecule has 0 spiro atoms. The first-order valence-corrected chi connectivity index (χ1v) is 9.15. The lowest BCUT2D eigenvalue weighted by atomic mass is 10.2. The highest BCUT2D eigenvalue weighted by atomic mass is 16.5. The van der Waals surface area contributed by atoms with Crippen LogP contribution in [-0.4, -0.2) is 25.0 Å². The minimum absolute atomic E-state index is 0.0842. The van der Waals surface area contributed by atoms with Crippen molar-refractivity contribution >= 4 is 17.5 Å². The fourth-order valence-electron chi connectivity index (χ4n) is 2.58. The number of benzene rings is 3. The predicted molar refractivity (Wildman–Crippen MR) is 110 cm³/mol. The fourth-order valence-corrected chi connectivity index (χ4v) is 2.58. The summed E-state index contributed by atoms with van der Waals surface area (Å²) in [7, 11) is 0. The Hall–Kier alpha value is -3.60. The van der Waals surface area contributed by atoms with Crippen molar-refractivity contribution in [3.63, 3.8) is 0 Å². The van der Waals surface area contributed by atoms with Crippen LogP contribution in [0, 0.1) is 0 Å². The van der Waals surface area contributed by atoms with Gasteiger partial charge in [0.05, 0.1) is 6.61 Å². The normalized spacial score (nSPS) is 10.1. The van der Waals surface area contributed by atoms with Gasteiger partial charge in [-0.05, 0) is 55.0 Å². The van der Waals surface area contributed by atoms with Crippen LogP contribution in [0.3, 0.4) is 0 Å². The molecule has 3 rings (SSSR count). The van der Waals surface area contributed by atoms with Crippen LogP contribution in [0.25, 0.3) is 0 Å². The van der Waals surface area contributed by atoms with Gasteiger partial charge in [-0.15, -0.1) is 0 Å². The van der Waals surface area contributed by atoms with Crippen molar-refractivity contribution in [3.8, 4) is 5.75 Å². The lowest BCUT2D eigenvalue weighted by Gasteiger charge is -2.09. The van der Waals surface area contributed by atoms with Crippen molar-refractivity contribution in [2.75, 3.05) is 18.5 Å². The highest BCUT2D eigenvalue weighted by molar-refractivity contribution is 6.04. The van der Waals surface area contributed by atoms with E-state index in [0.717, 1.165) is 0 Å². The van der Waals surface area contributed by atoms with E-state index in [1.54, 1.807) is 36.4 Å². The maximum atomic E-state index is 12.1. The molecule has 142 valence electrons. The van der Waals surface area contributed by atoms with E-state index in [4.69, 9.17) is 4.74 Å². The van der Waals surface area contributed by atoms with Gasteiger partial charge in [0.1, 0.15) is 5.75 Å². The average molecular weight is 374 g/mol. The van der Waals surface area contributed by atoms with Crippen LogP contribution < -0.4 is 15.4 Å². The van der Waals surface area contributed by atoms with Crippen molar-refractivity contribution in [2.45, 2.75) is 6.42 Å². The molecule has 0 aliphatic rings. The number of ether oxygens (including phenoxy) is 1. The van der Waals surface area contributed by atoms with E-state index in [1.807, 2.05) is 48.5 Å². The van der Waals surface area contributed by atoms with E-state index in [2.05, 4.69) is 10.6 Å². The Balaban J connectivity index is 1.37. The van der Waals surface area contributed by atoms with Crippen molar-refractivity contribution in [3.05, 3.63) is 96.1 Å². The maximum absolute atomic E-state index is 12.1. The molecule has 5 heteroatoms. The van der Waals surface area contributed by atoms with Crippen molar-refractivity contribution in [2.24, 2.45) is 0 Å². The van der Waals surface area contributed by atoms with E-state index in [0.29, 0.717) is 42.1 Å². The Kier molecular flexibility index (Phi) is 6.79. The molecule has 0 bridgehead atoms. The summed E-state index contributed by atoms with van der Waals surface area (Å²) in [4.78, 5) is 24.0. The molecule has 0 heterocycles. The standard InChI is InChI=1S/C23H22N2O3/c26-22(18-8-3-1-4-9-18)24-16-7-17-28-21-14-12-20(13-15-21)25-23(27)19-10-5-2-6-11-19/h1-6,8-15H,7,16-17H2,(H,24,26)(H,25,27). The number of hydrogen-bond donors (Lipinski definition) is 2. The number of carbonyl (C=O) groups is 2. The second-order valence-electron chi connectivity index (χ2n) is 6.17. The number of amides is 2. The van der Waals surface area contributed by atoms with Crippen LogP contribution in [0.4, 0.5) is 5.69 Å². The molecule has 0 saturated heterocycles. The van der Waals surface area contributed by atoms with Gasteiger partial charge in [0.25, 0.3) is 11.8 Å². The largest absolute Gasteiger partial charge is 0.494 e. The zero-order chi connectivity index (χ0) is 19.6. The van der Waals surface area contributed by atoms with Gasteiger partial charge in [-0.3, -0.25) is 9.59 Å². The van der Waals surface area contributed by atoms with Gasteiger partial charge in [0, 0.05) is 23.4 Å². The van der Waals surface area contributed by atoms with Crippen LogP contribution in [0.5, 0.6) is 5.75 Å². The molecule has 28 heavy (non-hydrogen) atoms. The molecule has 3 aromatic rings. The zero-order valence-electron chi connectivity index (χ0n) is 15.4. The SMILES string of the molecule is O=C(NCCCOc1ccc(NC(=O)c2ccccc2)cc1)c1ccccc1. The van der Waals surface area contributed by atoms with Gasteiger partial charge in [0.15, 0.2) is 0 Å². The molecule has 2 N–H and O–H groups in total. The van der Waals surface area contributed by atoms with Crippen LogP contribution in [-0.2, 0) is 0 Å². The summed E-state index contributed by atoms with van der Waals surface area (Å²) in [6.07, 6.45) is 0.699. The number of anilines is 1. The summed E-state index contributed by atoms with van der Waals surface area (Å²) >= 11 is 0. The molecular weight excluding hydrogens is 352 g/mol. The van der Waals surface area contributed by atoms with Crippen LogP contribution in [0.2, 0.25) is 0 Å².